The summed E-state index contributed by atoms with van der Waals surface area (Å²) in [5.74, 6) is -1.23. The summed E-state index contributed by atoms with van der Waals surface area (Å²) in [6.45, 7) is 3.96. The van der Waals surface area contributed by atoms with Gasteiger partial charge in [-0.2, -0.15) is 18.3 Å². The van der Waals surface area contributed by atoms with Crippen molar-refractivity contribution in [3.05, 3.63) is 52.3 Å². The number of carbonyl (C=O) groups excluding carboxylic acids is 1. The van der Waals surface area contributed by atoms with Crippen LogP contribution in [0.15, 0.2) is 24.4 Å². The van der Waals surface area contributed by atoms with Gasteiger partial charge in [0.25, 0.3) is 0 Å². The molecule has 0 saturated heterocycles. The molecule has 24 heavy (non-hydrogen) atoms. The van der Waals surface area contributed by atoms with E-state index in [1.54, 1.807) is 6.92 Å². The van der Waals surface area contributed by atoms with Gasteiger partial charge in [-0.15, -0.1) is 0 Å². The molecule has 0 saturated carbocycles. The molecule has 130 valence electrons. The summed E-state index contributed by atoms with van der Waals surface area (Å²) in [5.41, 5.74) is -0.608. The second-order valence-electron chi connectivity index (χ2n) is 5.13. The summed E-state index contributed by atoms with van der Waals surface area (Å²) < 4.78 is 61.9. The van der Waals surface area contributed by atoms with Crippen LogP contribution in [0, 0.1) is 6.92 Å². The van der Waals surface area contributed by atoms with Gasteiger partial charge in [-0.05, 0) is 31.5 Å². The van der Waals surface area contributed by atoms with E-state index >= 15 is 0 Å². The fourth-order valence-electron chi connectivity index (χ4n) is 2.29. The number of hydrogen-bond acceptors (Lipinski definition) is 4. The molecule has 1 unspecified atom stereocenters. The van der Waals surface area contributed by atoms with Gasteiger partial charge in [0, 0.05) is 24.1 Å². The van der Waals surface area contributed by atoms with E-state index in [9.17, 15) is 26.7 Å². The molecule has 2 rings (SSSR count). The van der Waals surface area contributed by atoms with Gasteiger partial charge in [0.05, 0.1) is 16.8 Å². The molecule has 0 aliphatic rings. The Morgan fingerprint density at radius 3 is 2.50 bits per heavy atom. The van der Waals surface area contributed by atoms with Crippen LogP contribution in [-0.4, -0.2) is 24.3 Å². The van der Waals surface area contributed by atoms with Crippen molar-refractivity contribution in [2.75, 3.05) is 0 Å². The highest BCUT2D eigenvalue weighted by Crippen LogP contribution is 2.31. The van der Waals surface area contributed by atoms with Crippen LogP contribution in [0.2, 0.25) is 0 Å². The smallest absolute Gasteiger partial charge is 0.416 e. The van der Waals surface area contributed by atoms with Gasteiger partial charge in [-0.3, -0.25) is 13.7 Å². The van der Waals surface area contributed by atoms with Gasteiger partial charge in [0.15, 0.2) is 5.78 Å². The first-order valence-electron chi connectivity index (χ1n) is 6.98. The molecular formula is C15H14F3N2O3S-. The van der Waals surface area contributed by atoms with Gasteiger partial charge in [-0.25, -0.2) is 0 Å². The third kappa shape index (κ3) is 3.90. The number of alkyl halides is 3. The van der Waals surface area contributed by atoms with E-state index in [2.05, 4.69) is 5.10 Å². The van der Waals surface area contributed by atoms with E-state index in [0.29, 0.717) is 18.3 Å². The Balaban J connectivity index is 2.53. The lowest BCUT2D eigenvalue weighted by Crippen LogP contribution is -2.12. The molecule has 0 aliphatic heterocycles. The van der Waals surface area contributed by atoms with Gasteiger partial charge in [0.2, 0.25) is 0 Å². The maximum absolute atomic E-state index is 12.8. The Bertz CT molecular complexity index is 800. The quantitative estimate of drug-likeness (QED) is 0.608. The molecule has 0 N–H and O–H groups in total. The Morgan fingerprint density at radius 2 is 2.00 bits per heavy atom. The van der Waals surface area contributed by atoms with Gasteiger partial charge >= 0.3 is 6.18 Å². The molecule has 1 aromatic heterocycles. The van der Waals surface area contributed by atoms with E-state index in [-0.39, 0.29) is 16.7 Å². The second kappa shape index (κ2) is 6.86. The largest absolute Gasteiger partial charge is 0.772 e. The number of aryl methyl sites for hydroxylation is 2. The molecule has 1 atom stereocenters. The van der Waals surface area contributed by atoms with Crippen LogP contribution in [0.5, 0.6) is 0 Å². The maximum Gasteiger partial charge on any atom is 0.416 e. The molecule has 0 bridgehead atoms. The van der Waals surface area contributed by atoms with Crippen LogP contribution in [0.1, 0.15) is 39.7 Å². The van der Waals surface area contributed by atoms with E-state index in [1.807, 2.05) is 6.92 Å². The molecular weight excluding hydrogens is 345 g/mol. The first-order valence-corrected chi connectivity index (χ1v) is 8.22. The predicted octanol–water partition coefficient (Wildman–Crippen LogP) is 2.84. The number of benzene rings is 1. The zero-order valence-corrected chi connectivity index (χ0v) is 13.7. The third-order valence-corrected chi connectivity index (χ3v) is 4.01. The van der Waals surface area contributed by atoms with Crippen LogP contribution < -0.4 is 0 Å². The van der Waals surface area contributed by atoms with Crippen molar-refractivity contribution >= 4 is 16.9 Å². The lowest BCUT2D eigenvalue weighted by atomic mass is 9.97. The first kappa shape index (κ1) is 18.3. The minimum atomic E-state index is -4.62. The topological polar surface area (TPSA) is 75.0 Å². The van der Waals surface area contributed by atoms with Crippen molar-refractivity contribution in [2.45, 2.75) is 32.3 Å². The minimum absolute atomic E-state index is 0.0778. The second-order valence-corrected chi connectivity index (χ2v) is 6.03. The number of aromatic nitrogens is 2. The molecule has 0 aliphatic carbocycles. The maximum atomic E-state index is 12.8. The Hall–Kier alpha value is -2.00. The molecule has 2 aromatic rings. The standard InChI is InChI=1S/C15H15F3N2O3S/c1-3-20-7-13(9(2)19-20)14(21)12-5-4-11(15(16,17)18)6-10(12)8-24(22)23/h4-7H,3,8H2,1-2H3,(H,22,23)/p-1. The monoisotopic (exact) mass is 359 g/mol. The van der Waals surface area contributed by atoms with Crippen LogP contribution in [0.25, 0.3) is 0 Å². The van der Waals surface area contributed by atoms with Crippen molar-refractivity contribution < 1.29 is 26.7 Å². The molecule has 0 amide bonds. The Kier molecular flexibility index (Phi) is 5.24. The van der Waals surface area contributed by atoms with Gasteiger partial charge in [0.1, 0.15) is 0 Å². The van der Waals surface area contributed by atoms with Crippen LogP contribution in [-0.2, 0) is 29.6 Å². The fraction of sp³-hybridized carbons (Fsp3) is 0.333. The number of halogens is 3. The average molecular weight is 359 g/mol. The molecule has 1 heterocycles. The number of hydrogen-bond donors (Lipinski definition) is 0. The summed E-state index contributed by atoms with van der Waals surface area (Å²) in [6.07, 6.45) is -3.13. The van der Waals surface area contributed by atoms with E-state index in [1.165, 1.54) is 10.9 Å². The number of carbonyl (C=O) groups is 1. The summed E-state index contributed by atoms with van der Waals surface area (Å²) in [7, 11) is 0. The van der Waals surface area contributed by atoms with Crippen molar-refractivity contribution in [1.82, 2.24) is 9.78 Å². The fourth-order valence-corrected chi connectivity index (χ4v) is 2.78. The number of rotatable bonds is 5. The molecule has 9 heteroatoms. The first-order chi connectivity index (χ1) is 11.1. The van der Waals surface area contributed by atoms with E-state index in [4.69, 9.17) is 0 Å². The summed E-state index contributed by atoms with van der Waals surface area (Å²) >= 11 is -2.63. The normalized spacial score (nSPS) is 13.1. The minimum Gasteiger partial charge on any atom is -0.772 e. The summed E-state index contributed by atoms with van der Waals surface area (Å²) in [6, 6.07) is 2.47. The van der Waals surface area contributed by atoms with Crippen LogP contribution in [0.3, 0.4) is 0 Å². The highest BCUT2D eigenvalue weighted by molar-refractivity contribution is 7.78. The predicted molar refractivity (Wildman–Crippen MR) is 80.1 cm³/mol. The zero-order chi connectivity index (χ0) is 18.1. The zero-order valence-electron chi connectivity index (χ0n) is 12.9. The average Bonchev–Trinajstić information content (AvgIpc) is 2.86. The molecule has 0 fully saturated rings. The van der Waals surface area contributed by atoms with E-state index < -0.39 is 34.4 Å². The molecule has 0 radical (unpaired) electrons. The van der Waals surface area contributed by atoms with E-state index in [0.717, 1.165) is 12.1 Å². The lowest BCUT2D eigenvalue weighted by Gasteiger charge is -2.14. The van der Waals surface area contributed by atoms with Crippen molar-refractivity contribution in [3.63, 3.8) is 0 Å². The highest BCUT2D eigenvalue weighted by Gasteiger charge is 2.31. The van der Waals surface area contributed by atoms with Gasteiger partial charge < -0.3 is 4.55 Å². The summed E-state index contributed by atoms with van der Waals surface area (Å²) in [4.78, 5) is 12.6. The number of ketones is 1. The molecule has 0 spiro atoms. The Labute approximate surface area is 138 Å². The number of nitrogens with zero attached hydrogens (tertiary/aromatic N) is 2. The van der Waals surface area contributed by atoms with Crippen molar-refractivity contribution in [2.24, 2.45) is 0 Å². The van der Waals surface area contributed by atoms with Crippen molar-refractivity contribution in [1.29, 1.82) is 0 Å². The third-order valence-electron chi connectivity index (χ3n) is 3.47. The SMILES string of the molecule is CCn1cc(C(=O)c2ccc(C(F)(F)F)cc2CS(=O)[O-])c(C)n1. The highest BCUT2D eigenvalue weighted by atomic mass is 32.2. The molecule has 1 aromatic carbocycles. The van der Waals surface area contributed by atoms with Crippen LogP contribution >= 0.6 is 0 Å². The lowest BCUT2D eigenvalue weighted by molar-refractivity contribution is -0.137. The van der Waals surface area contributed by atoms with Gasteiger partial charge in [-0.1, -0.05) is 17.1 Å². The van der Waals surface area contributed by atoms with Crippen molar-refractivity contribution in [3.8, 4) is 0 Å². The Morgan fingerprint density at radius 1 is 1.33 bits per heavy atom. The molecule has 5 nitrogen and oxygen atoms in total. The van der Waals surface area contributed by atoms with Crippen LogP contribution in [0.4, 0.5) is 13.2 Å². The summed E-state index contributed by atoms with van der Waals surface area (Å²) in [5, 5.41) is 4.12.